The van der Waals surface area contributed by atoms with Crippen molar-refractivity contribution in [2.45, 2.75) is 38.5 Å². The minimum Gasteiger partial charge on any atom is -0.396 e. The molecule has 3 atom stereocenters. The third-order valence-electron chi connectivity index (χ3n) is 5.03. The van der Waals surface area contributed by atoms with Gasteiger partial charge in [-0.25, -0.2) is 9.37 Å². The highest BCUT2D eigenvalue weighted by Gasteiger charge is 2.53. The monoisotopic (exact) mass is 366 g/mol. The quantitative estimate of drug-likeness (QED) is 0.643. The Bertz CT molecular complexity index is 652. The van der Waals surface area contributed by atoms with Crippen LogP contribution in [0.3, 0.4) is 0 Å². The average Bonchev–Trinajstić information content (AvgIpc) is 2.93. The predicted octanol–water partition coefficient (Wildman–Crippen LogP) is -0.806. The molecule has 0 aromatic rings. The lowest BCUT2D eigenvalue weighted by Gasteiger charge is -2.34. The van der Waals surface area contributed by atoms with Crippen LogP contribution in [0.15, 0.2) is 4.99 Å². The summed E-state index contributed by atoms with van der Waals surface area (Å²) >= 11 is 0. The fourth-order valence-corrected chi connectivity index (χ4v) is 3.89. The SMILES string of the molecule is CC1CN(CC2=[N+](CCCO)C3C(=O)N(C)C(=O)N(C)C3=N2)CC(C)O1. The molecular formula is C17H28N5O4+. The summed E-state index contributed by atoms with van der Waals surface area (Å²) in [4.78, 5) is 34.5. The number of ether oxygens (including phenoxy) is 1. The Morgan fingerprint density at radius 1 is 1.19 bits per heavy atom. The first-order chi connectivity index (χ1) is 12.3. The van der Waals surface area contributed by atoms with Crippen molar-refractivity contribution < 1.29 is 24.0 Å². The maximum atomic E-state index is 12.7. The number of hydrogen-bond acceptors (Lipinski definition) is 6. The van der Waals surface area contributed by atoms with Crippen LogP contribution in [0.4, 0.5) is 4.79 Å². The summed E-state index contributed by atoms with van der Waals surface area (Å²) < 4.78 is 7.71. The zero-order chi connectivity index (χ0) is 19.0. The van der Waals surface area contributed by atoms with Gasteiger partial charge in [0, 0.05) is 40.2 Å². The van der Waals surface area contributed by atoms with Gasteiger partial charge in [0.15, 0.2) is 0 Å². The molecule has 0 aromatic carbocycles. The van der Waals surface area contributed by atoms with E-state index in [-0.39, 0.29) is 30.8 Å². The summed E-state index contributed by atoms with van der Waals surface area (Å²) in [5, 5.41) is 9.25. The number of aliphatic hydroxyl groups is 1. The van der Waals surface area contributed by atoms with Crippen molar-refractivity contribution >= 4 is 23.6 Å². The molecule has 9 heteroatoms. The molecular weight excluding hydrogens is 338 g/mol. The first-order valence-electron chi connectivity index (χ1n) is 9.08. The maximum Gasteiger partial charge on any atom is 0.333 e. The molecule has 0 aromatic heterocycles. The van der Waals surface area contributed by atoms with Gasteiger partial charge in [0.25, 0.3) is 17.8 Å². The first kappa shape index (κ1) is 18.9. The third-order valence-corrected chi connectivity index (χ3v) is 5.03. The molecule has 144 valence electrons. The van der Waals surface area contributed by atoms with E-state index in [2.05, 4.69) is 9.89 Å². The standard InChI is InChI=1S/C17H28N5O4/c1-11-8-21(9-12(2)26-11)10-13-18-15-14(22(13)6-5-7-23)16(24)20(4)17(25)19(15)3/h11-12,14,23H,5-10H2,1-4H3/q+1. The smallest absolute Gasteiger partial charge is 0.333 e. The normalized spacial score (nSPS) is 30.2. The number of aliphatic hydroxyl groups excluding tert-OH is 1. The molecule has 0 radical (unpaired) electrons. The fourth-order valence-electron chi connectivity index (χ4n) is 3.89. The number of rotatable bonds is 5. The van der Waals surface area contributed by atoms with Crippen LogP contribution >= 0.6 is 0 Å². The molecule has 2 fully saturated rings. The Kier molecular flexibility index (Phi) is 5.40. The minimum atomic E-state index is -0.597. The summed E-state index contributed by atoms with van der Waals surface area (Å²) in [5.74, 6) is 0.965. The van der Waals surface area contributed by atoms with E-state index < -0.39 is 6.04 Å². The number of imide groups is 1. The van der Waals surface area contributed by atoms with Crippen molar-refractivity contribution in [2.24, 2.45) is 4.99 Å². The highest BCUT2D eigenvalue weighted by atomic mass is 16.5. The number of amidine groups is 2. The van der Waals surface area contributed by atoms with Crippen molar-refractivity contribution in [2.75, 3.05) is 46.9 Å². The molecule has 3 aliphatic rings. The third kappa shape index (κ3) is 3.38. The summed E-state index contributed by atoms with van der Waals surface area (Å²) in [6.45, 7) is 6.81. The van der Waals surface area contributed by atoms with Crippen molar-refractivity contribution in [1.29, 1.82) is 0 Å². The van der Waals surface area contributed by atoms with Gasteiger partial charge in [-0.1, -0.05) is 0 Å². The van der Waals surface area contributed by atoms with Crippen LogP contribution in [0, 0.1) is 0 Å². The Morgan fingerprint density at radius 3 is 2.46 bits per heavy atom. The Hall–Kier alpha value is -1.84. The van der Waals surface area contributed by atoms with Crippen LogP contribution in [0.5, 0.6) is 0 Å². The van der Waals surface area contributed by atoms with Gasteiger partial charge in [-0.15, -0.1) is 0 Å². The van der Waals surface area contributed by atoms with Crippen molar-refractivity contribution in [3.8, 4) is 0 Å². The molecule has 9 nitrogen and oxygen atoms in total. The second-order valence-corrected chi connectivity index (χ2v) is 7.25. The van der Waals surface area contributed by atoms with E-state index >= 15 is 0 Å². The lowest BCUT2D eigenvalue weighted by molar-refractivity contribution is -0.537. The van der Waals surface area contributed by atoms with Crippen molar-refractivity contribution in [3.05, 3.63) is 0 Å². The number of urea groups is 1. The van der Waals surface area contributed by atoms with E-state index in [1.54, 1.807) is 7.05 Å². The molecule has 0 saturated carbocycles. The average molecular weight is 366 g/mol. The molecule has 3 aliphatic heterocycles. The van der Waals surface area contributed by atoms with Crippen molar-refractivity contribution in [1.82, 2.24) is 14.7 Å². The molecule has 0 bridgehead atoms. The van der Waals surface area contributed by atoms with Crippen LogP contribution in [-0.2, 0) is 9.53 Å². The summed E-state index contributed by atoms with van der Waals surface area (Å²) in [6.07, 6.45) is 0.810. The van der Waals surface area contributed by atoms with Crippen LogP contribution in [0.25, 0.3) is 0 Å². The van der Waals surface area contributed by atoms with Crippen LogP contribution in [-0.4, -0.2) is 113 Å². The molecule has 0 aliphatic carbocycles. The van der Waals surface area contributed by atoms with E-state index in [9.17, 15) is 14.7 Å². The zero-order valence-corrected chi connectivity index (χ0v) is 15.9. The number of nitrogens with zero attached hydrogens (tertiary/aromatic N) is 5. The number of aliphatic imine (C=N–C) groups is 1. The highest BCUT2D eigenvalue weighted by Crippen LogP contribution is 2.20. The van der Waals surface area contributed by atoms with Gasteiger partial charge >= 0.3 is 11.9 Å². The van der Waals surface area contributed by atoms with E-state index in [0.29, 0.717) is 25.3 Å². The van der Waals surface area contributed by atoms with Gasteiger partial charge in [0.2, 0.25) is 0 Å². The summed E-state index contributed by atoms with van der Waals surface area (Å²) in [5.41, 5.74) is 0. The van der Waals surface area contributed by atoms with Crippen molar-refractivity contribution in [3.63, 3.8) is 0 Å². The Balaban J connectivity index is 1.89. The Morgan fingerprint density at radius 2 is 1.85 bits per heavy atom. The van der Waals surface area contributed by atoms with Gasteiger partial charge in [-0.2, -0.15) is 0 Å². The predicted molar refractivity (Wildman–Crippen MR) is 95.4 cm³/mol. The number of likely N-dealkylation sites (N-methyl/N-ethyl adjacent to an activating group) is 2. The number of carbonyl (C=O) groups excluding carboxylic acids is 2. The number of carbonyl (C=O) groups is 2. The molecule has 3 amide bonds. The summed E-state index contributed by atoms with van der Waals surface area (Å²) in [7, 11) is 3.13. The first-order valence-corrected chi connectivity index (χ1v) is 9.08. The lowest BCUT2D eigenvalue weighted by atomic mass is 10.1. The number of fused-ring (bicyclic) bond motifs is 1. The molecule has 1 N–H and O–H groups in total. The summed E-state index contributed by atoms with van der Waals surface area (Å²) in [6, 6.07) is -0.970. The van der Waals surface area contributed by atoms with Gasteiger partial charge in [-0.3, -0.25) is 19.5 Å². The second-order valence-electron chi connectivity index (χ2n) is 7.25. The number of hydrogen-bond donors (Lipinski definition) is 1. The molecule has 3 rings (SSSR count). The maximum absolute atomic E-state index is 12.7. The van der Waals surface area contributed by atoms with Gasteiger partial charge in [0.1, 0.15) is 6.54 Å². The lowest BCUT2D eigenvalue weighted by Crippen LogP contribution is -2.61. The molecule has 26 heavy (non-hydrogen) atoms. The van der Waals surface area contributed by atoms with E-state index in [0.717, 1.165) is 23.8 Å². The topological polar surface area (TPSA) is 88.7 Å². The van der Waals surface area contributed by atoms with Gasteiger partial charge in [0.05, 0.1) is 18.8 Å². The number of amides is 3. The van der Waals surface area contributed by atoms with E-state index in [1.807, 2.05) is 18.4 Å². The molecule has 3 heterocycles. The van der Waals surface area contributed by atoms with Crippen LogP contribution in [0.1, 0.15) is 20.3 Å². The number of morpholine rings is 1. The van der Waals surface area contributed by atoms with Crippen LogP contribution in [0.2, 0.25) is 0 Å². The van der Waals surface area contributed by atoms with E-state index in [4.69, 9.17) is 4.74 Å². The largest absolute Gasteiger partial charge is 0.396 e. The highest BCUT2D eigenvalue weighted by molar-refractivity contribution is 6.23. The molecule has 3 unspecified atom stereocenters. The zero-order valence-electron chi connectivity index (χ0n) is 15.9. The van der Waals surface area contributed by atoms with Gasteiger partial charge < -0.3 is 9.84 Å². The second kappa shape index (κ2) is 7.42. The van der Waals surface area contributed by atoms with Gasteiger partial charge in [-0.05, 0) is 18.8 Å². The minimum absolute atomic E-state index is 0.0380. The molecule has 2 saturated heterocycles. The van der Waals surface area contributed by atoms with E-state index in [1.165, 1.54) is 11.9 Å². The fraction of sp³-hybridized carbons (Fsp3) is 0.765. The molecule has 0 spiro atoms. The Labute approximate surface area is 153 Å². The van der Waals surface area contributed by atoms with Crippen LogP contribution < -0.4 is 0 Å².